The first-order chi connectivity index (χ1) is 24.5. The van der Waals surface area contributed by atoms with E-state index in [1.807, 2.05) is 30.3 Å². The Labute approximate surface area is 297 Å². The van der Waals surface area contributed by atoms with Gasteiger partial charge in [-0.2, -0.15) is 0 Å². The molecule has 4 aromatic rings. The van der Waals surface area contributed by atoms with Gasteiger partial charge in [0.2, 0.25) is 5.91 Å². The fourth-order valence-corrected chi connectivity index (χ4v) is 9.69. The van der Waals surface area contributed by atoms with Crippen molar-refractivity contribution in [2.24, 2.45) is 17.3 Å². The van der Waals surface area contributed by atoms with Gasteiger partial charge in [-0.25, -0.2) is 0 Å². The number of aryl methyl sites for hydroxylation is 1. The Bertz CT molecular complexity index is 1740. The molecule has 1 N–H and O–H groups in total. The number of fused-ring (bicyclic) bond motifs is 5. The van der Waals surface area contributed by atoms with Gasteiger partial charge >= 0.3 is 0 Å². The number of hydrogen-bond donors (Lipinski definition) is 1. The fourth-order valence-electron chi connectivity index (χ4n) is 9.69. The van der Waals surface area contributed by atoms with Gasteiger partial charge in [0.25, 0.3) is 0 Å². The van der Waals surface area contributed by atoms with Crippen molar-refractivity contribution in [3.8, 4) is 11.5 Å². The highest BCUT2D eigenvalue weighted by atomic mass is 16.5. The average molecular weight is 671 g/mol. The van der Waals surface area contributed by atoms with Crippen molar-refractivity contribution >= 4 is 11.6 Å². The monoisotopic (exact) mass is 670 g/mol. The predicted molar refractivity (Wildman–Crippen MR) is 197 cm³/mol. The van der Waals surface area contributed by atoms with Gasteiger partial charge in [0, 0.05) is 17.0 Å². The van der Waals surface area contributed by atoms with Crippen molar-refractivity contribution in [3.63, 3.8) is 0 Å². The van der Waals surface area contributed by atoms with Crippen molar-refractivity contribution in [2.75, 3.05) is 25.0 Å². The van der Waals surface area contributed by atoms with Gasteiger partial charge in [-0.05, 0) is 129 Å². The molecule has 1 heterocycles. The molecule has 0 bridgehead atoms. The van der Waals surface area contributed by atoms with E-state index in [2.05, 4.69) is 89.9 Å². The summed E-state index contributed by atoms with van der Waals surface area (Å²) >= 11 is 0. The maximum atomic E-state index is 12.7. The Morgan fingerprint density at radius 1 is 0.820 bits per heavy atom. The van der Waals surface area contributed by atoms with E-state index in [1.54, 1.807) is 0 Å². The van der Waals surface area contributed by atoms with Crippen LogP contribution in [0.15, 0.2) is 103 Å². The molecule has 0 radical (unpaired) electrons. The SMILES string of the molecule is C[C@]12C[C@H](Oc3ccc(NC(=O)CN4CCCC4)cc3)[C@@H]3c4ccc(OCc5ccccc5)cc4CC[C@H]3[C@@H]1CC[C@@H]2OCc1ccccc1. The zero-order chi connectivity index (χ0) is 33.9. The smallest absolute Gasteiger partial charge is 0.238 e. The lowest BCUT2D eigenvalue weighted by molar-refractivity contribution is -0.117. The molecule has 6 atom stereocenters. The third-order valence-electron chi connectivity index (χ3n) is 12.1. The van der Waals surface area contributed by atoms with Gasteiger partial charge in [-0.15, -0.1) is 0 Å². The minimum atomic E-state index is 0.00733. The summed E-state index contributed by atoms with van der Waals surface area (Å²) in [6.07, 6.45) is 7.99. The number of ether oxygens (including phenoxy) is 3. The van der Waals surface area contributed by atoms with Crippen LogP contribution in [0.1, 0.15) is 73.6 Å². The quantitative estimate of drug-likeness (QED) is 0.173. The zero-order valence-electron chi connectivity index (χ0n) is 29.3. The van der Waals surface area contributed by atoms with Gasteiger partial charge in [0.05, 0.1) is 19.3 Å². The van der Waals surface area contributed by atoms with Gasteiger partial charge in [-0.1, -0.05) is 73.7 Å². The van der Waals surface area contributed by atoms with Crippen LogP contribution in [-0.2, 0) is 29.2 Å². The summed E-state index contributed by atoms with van der Waals surface area (Å²) in [6.45, 7) is 6.15. The first kappa shape index (κ1) is 33.0. The van der Waals surface area contributed by atoms with Crippen molar-refractivity contribution in [1.82, 2.24) is 4.90 Å². The average Bonchev–Trinajstić information content (AvgIpc) is 3.78. The second-order valence-corrected chi connectivity index (χ2v) is 15.3. The molecule has 6 heteroatoms. The maximum absolute atomic E-state index is 12.7. The number of carbonyl (C=O) groups excluding carboxylic acids is 1. The van der Waals surface area contributed by atoms with Crippen LogP contribution in [0.25, 0.3) is 0 Å². The molecule has 50 heavy (non-hydrogen) atoms. The second-order valence-electron chi connectivity index (χ2n) is 15.3. The van der Waals surface area contributed by atoms with E-state index in [0.717, 1.165) is 56.0 Å². The fraction of sp³-hybridized carbons (Fsp3) is 0.432. The van der Waals surface area contributed by atoms with Gasteiger partial charge in [0.15, 0.2) is 0 Å². The van der Waals surface area contributed by atoms with Gasteiger partial charge < -0.3 is 19.5 Å². The van der Waals surface area contributed by atoms with Crippen LogP contribution >= 0.6 is 0 Å². The lowest BCUT2D eigenvalue weighted by atomic mass is 9.54. The second kappa shape index (κ2) is 14.6. The van der Waals surface area contributed by atoms with E-state index < -0.39 is 0 Å². The van der Waals surface area contributed by atoms with E-state index in [-0.39, 0.29) is 23.5 Å². The lowest BCUT2D eigenvalue weighted by Gasteiger charge is -2.53. The number of likely N-dealkylation sites (tertiary alicyclic amines) is 1. The summed E-state index contributed by atoms with van der Waals surface area (Å²) in [5.74, 6) is 3.24. The van der Waals surface area contributed by atoms with Crippen LogP contribution in [0.5, 0.6) is 11.5 Å². The minimum Gasteiger partial charge on any atom is -0.490 e. The highest BCUT2D eigenvalue weighted by molar-refractivity contribution is 5.92. The first-order valence-corrected chi connectivity index (χ1v) is 18.8. The van der Waals surface area contributed by atoms with Crippen LogP contribution in [0, 0.1) is 17.3 Å². The predicted octanol–water partition coefficient (Wildman–Crippen LogP) is 8.80. The number of nitrogens with zero attached hydrogens (tertiary/aromatic N) is 1. The molecular weight excluding hydrogens is 620 g/mol. The Balaban J connectivity index is 1.03. The normalized spacial score (nSPS) is 27.2. The number of benzene rings is 4. The Morgan fingerprint density at radius 2 is 1.52 bits per heavy atom. The largest absolute Gasteiger partial charge is 0.490 e. The van der Waals surface area contributed by atoms with Gasteiger partial charge in [0.1, 0.15) is 24.2 Å². The molecule has 260 valence electrons. The molecule has 1 aliphatic heterocycles. The van der Waals surface area contributed by atoms with Crippen molar-refractivity contribution in [3.05, 3.63) is 125 Å². The van der Waals surface area contributed by atoms with Gasteiger partial charge in [-0.3, -0.25) is 9.69 Å². The number of amides is 1. The van der Waals surface area contributed by atoms with Crippen LogP contribution in [0.2, 0.25) is 0 Å². The molecule has 1 amide bonds. The van der Waals surface area contributed by atoms with Crippen molar-refractivity contribution in [2.45, 2.75) is 83.2 Å². The van der Waals surface area contributed by atoms with E-state index in [0.29, 0.717) is 37.5 Å². The Morgan fingerprint density at radius 3 is 2.26 bits per heavy atom. The molecule has 4 aliphatic rings. The molecule has 6 nitrogen and oxygen atoms in total. The summed E-state index contributed by atoms with van der Waals surface area (Å²) in [5, 5.41) is 3.09. The minimum absolute atomic E-state index is 0.00733. The van der Waals surface area contributed by atoms with E-state index in [1.165, 1.54) is 41.5 Å². The third-order valence-corrected chi connectivity index (χ3v) is 12.1. The van der Waals surface area contributed by atoms with Crippen LogP contribution in [0.3, 0.4) is 0 Å². The topological polar surface area (TPSA) is 60.0 Å². The molecule has 3 aliphatic carbocycles. The van der Waals surface area contributed by atoms with E-state index in [9.17, 15) is 4.79 Å². The summed E-state index contributed by atoms with van der Waals surface area (Å²) in [5.41, 5.74) is 6.05. The number of rotatable bonds is 11. The summed E-state index contributed by atoms with van der Waals surface area (Å²) in [6, 6.07) is 35.7. The molecule has 2 saturated carbocycles. The van der Waals surface area contributed by atoms with E-state index in [4.69, 9.17) is 14.2 Å². The standard InChI is InChI=1S/C44H50N2O4/c1-44-27-40(50-35-17-15-34(16-18-35)45-42(47)28-46-24-8-9-25-46)43-37-21-19-36(48-29-31-10-4-2-5-11-31)26-33(37)14-20-38(43)39(44)22-23-41(44)49-30-32-12-6-3-7-13-32/h2-7,10-13,15-19,21,26,38-41,43H,8-9,14,20,22-25,27-30H2,1H3,(H,45,47)/t38-,39-,40-,41-,43+,44-/m0/s1. The Hall–Kier alpha value is -4.13. The van der Waals surface area contributed by atoms with Crippen LogP contribution < -0.4 is 14.8 Å². The van der Waals surface area contributed by atoms with Crippen LogP contribution in [0.4, 0.5) is 5.69 Å². The number of anilines is 1. The molecule has 1 saturated heterocycles. The summed E-state index contributed by atoms with van der Waals surface area (Å²) < 4.78 is 20.1. The molecule has 0 aromatic heterocycles. The Kier molecular flexibility index (Phi) is 9.66. The zero-order valence-corrected chi connectivity index (χ0v) is 29.3. The van der Waals surface area contributed by atoms with Crippen LogP contribution in [-0.4, -0.2) is 42.6 Å². The highest BCUT2D eigenvalue weighted by Gasteiger charge is 2.59. The van der Waals surface area contributed by atoms with Crippen molar-refractivity contribution < 1.29 is 19.0 Å². The molecular formula is C44H50N2O4. The molecule has 0 spiro atoms. The number of carbonyl (C=O) groups is 1. The number of hydrogen-bond acceptors (Lipinski definition) is 5. The molecule has 4 aromatic carbocycles. The third kappa shape index (κ3) is 7.06. The summed E-state index contributed by atoms with van der Waals surface area (Å²) in [7, 11) is 0. The lowest BCUT2D eigenvalue weighted by Crippen LogP contribution is -2.52. The molecule has 0 unspecified atom stereocenters. The molecule has 3 fully saturated rings. The van der Waals surface area contributed by atoms with E-state index >= 15 is 0 Å². The number of nitrogens with one attached hydrogen (secondary N) is 1. The molecule has 8 rings (SSSR count). The maximum Gasteiger partial charge on any atom is 0.238 e. The van der Waals surface area contributed by atoms with Crippen molar-refractivity contribution in [1.29, 1.82) is 0 Å². The summed E-state index contributed by atoms with van der Waals surface area (Å²) in [4.78, 5) is 14.9. The first-order valence-electron chi connectivity index (χ1n) is 18.8. The highest BCUT2D eigenvalue weighted by Crippen LogP contribution is 2.62.